The molecule has 4 aromatic rings. The van der Waals surface area contributed by atoms with Gasteiger partial charge >= 0.3 is 12.2 Å². The molecule has 2 aromatic heterocycles. The van der Waals surface area contributed by atoms with Crippen LogP contribution in [0, 0.1) is 17.8 Å². The van der Waals surface area contributed by atoms with E-state index in [-0.39, 0.29) is 37.1 Å². The minimum Gasteiger partial charge on any atom is -0.445 e. The molecule has 4 amide bonds. The minimum atomic E-state index is -0.518. The van der Waals surface area contributed by atoms with Crippen molar-refractivity contribution in [1.82, 2.24) is 39.5 Å². The molecule has 14 nitrogen and oxygen atoms in total. The lowest BCUT2D eigenvalue weighted by Crippen LogP contribution is -2.47. The molecule has 7 atom stereocenters. The molecule has 4 aliphatic heterocycles. The summed E-state index contributed by atoms with van der Waals surface area (Å²) in [4.78, 5) is 77.1. The number of benzene rings is 2. The topological polar surface area (TPSA) is 157 Å². The number of aromatic nitrogens is 4. The fraction of sp³-hybridized carbons (Fsp3) is 0.443. The molecule has 4 saturated heterocycles. The molecule has 2 aromatic carbocycles. The third kappa shape index (κ3) is 10.2. The van der Waals surface area contributed by atoms with E-state index in [1.807, 2.05) is 22.2 Å². The maximum atomic E-state index is 13.9. The first kappa shape index (κ1) is 50.0. The SMILES string of the molecule is C=CCOC(=O)N1CCC[C@H]1C(=O)N1CCC[C@H]1c1ncc(-c2ccc(C3=CC4=CC[C@@H]3C[C@@H](C)[C@@H]3C=CC(=C(c5ccc(-c6cnc([C@@H]7CCCN7C(=O)[C@@H]7CCCN7C(=O)OCC=C)[nH]6)cc5)C3)CC4)cc2)[nH]1. The van der Waals surface area contributed by atoms with Crippen molar-refractivity contribution in [1.29, 1.82) is 0 Å². The van der Waals surface area contributed by atoms with Crippen molar-refractivity contribution >= 4 is 35.1 Å². The summed E-state index contributed by atoms with van der Waals surface area (Å²) < 4.78 is 10.6. The Morgan fingerprint density at radius 3 is 1.72 bits per heavy atom. The first-order chi connectivity index (χ1) is 36.6. The number of likely N-dealkylation sites (tertiary alicyclic amines) is 4. The van der Waals surface area contributed by atoms with E-state index in [1.165, 1.54) is 33.4 Å². The third-order valence-corrected chi connectivity index (χ3v) is 17.0. The molecule has 0 radical (unpaired) electrons. The van der Waals surface area contributed by atoms with Gasteiger partial charge in [-0.15, -0.1) is 0 Å². The Morgan fingerprint density at radius 1 is 0.667 bits per heavy atom. The average molecular weight is 1010 g/mol. The van der Waals surface area contributed by atoms with Gasteiger partial charge in [-0.1, -0.05) is 111 Å². The molecule has 0 unspecified atom stereocenters. The standard InChI is InChI=1S/C61H70N8O6/c1-4-32-74-60(72)68-30-8-12-54(68)58(70)66-28-6-10-52(66)56-62-37-50(64-56)44-23-18-42(19-24-44)48-35-40-14-16-41-22-27-46(39(3)34-47(48)17-15-40)36-49(41)43-20-25-45(26-21-43)51-38-63-57(65-51)53-11-7-29-67(53)59(71)55-13-9-31-69(55)61(73)75-33-5-2/h4-5,15,18-27,35,37-39,46-47,52-55H,1-2,6-14,16-17,28-34,36H2,3H3,(H,62,64)(H,63,65)/t39-,46-,47-,52+,53+,54+,55+/m1/s1. The molecule has 6 heterocycles. The highest BCUT2D eigenvalue weighted by Gasteiger charge is 2.43. The van der Waals surface area contributed by atoms with Gasteiger partial charge in [0, 0.05) is 26.2 Å². The van der Waals surface area contributed by atoms with Crippen LogP contribution >= 0.6 is 0 Å². The number of nitrogens with zero attached hydrogens (tertiary/aromatic N) is 6. The lowest BCUT2D eigenvalue weighted by molar-refractivity contribution is -0.137. The zero-order valence-electron chi connectivity index (χ0n) is 43.3. The summed E-state index contributed by atoms with van der Waals surface area (Å²) in [6, 6.07) is 16.5. The van der Waals surface area contributed by atoms with Gasteiger partial charge in [-0.05, 0) is 140 Å². The number of rotatable bonds is 12. The summed E-state index contributed by atoms with van der Waals surface area (Å²) in [5, 5.41) is 0. The van der Waals surface area contributed by atoms with Gasteiger partial charge in [0.05, 0.1) is 35.9 Å². The highest BCUT2D eigenvalue weighted by Crippen LogP contribution is 2.45. The third-order valence-electron chi connectivity index (χ3n) is 17.0. The van der Waals surface area contributed by atoms with Gasteiger partial charge in [-0.3, -0.25) is 19.4 Å². The number of H-pyrrole nitrogens is 2. The van der Waals surface area contributed by atoms with Crippen LogP contribution in [0.5, 0.6) is 0 Å². The Hall–Kier alpha value is -7.22. The number of ether oxygens (including phenoxy) is 2. The van der Waals surface area contributed by atoms with E-state index in [2.05, 4.69) is 103 Å². The lowest BCUT2D eigenvalue weighted by atomic mass is 9.71. The molecule has 10 aliphatic rings. The fourth-order valence-electron chi connectivity index (χ4n) is 13.0. The number of hydrogen-bond donors (Lipinski definition) is 2. The van der Waals surface area contributed by atoms with Gasteiger partial charge in [0.1, 0.15) is 36.9 Å². The minimum absolute atomic E-state index is 0.0327. The molecule has 2 N–H and O–H groups in total. The van der Waals surface area contributed by atoms with Crippen LogP contribution in [0.1, 0.15) is 125 Å². The molecule has 75 heavy (non-hydrogen) atoms. The highest BCUT2D eigenvalue weighted by atomic mass is 16.6. The van der Waals surface area contributed by atoms with Crippen LogP contribution in [0.4, 0.5) is 9.59 Å². The van der Waals surface area contributed by atoms with Crippen LogP contribution in [-0.2, 0) is 19.1 Å². The molecule has 0 saturated carbocycles. The molecule has 0 spiro atoms. The molecule has 390 valence electrons. The summed E-state index contributed by atoms with van der Waals surface area (Å²) in [5.41, 5.74) is 12.1. The molecule has 6 aliphatic carbocycles. The summed E-state index contributed by atoms with van der Waals surface area (Å²) in [6.07, 6.45) is 27.1. The smallest absolute Gasteiger partial charge is 0.410 e. The molecule has 4 fully saturated rings. The van der Waals surface area contributed by atoms with E-state index in [0.717, 1.165) is 105 Å². The number of carbonyl (C=O) groups excluding carboxylic acids is 4. The van der Waals surface area contributed by atoms with Crippen molar-refractivity contribution in [2.45, 2.75) is 115 Å². The van der Waals surface area contributed by atoms with E-state index in [0.29, 0.717) is 56.8 Å². The molecule has 14 heteroatoms. The van der Waals surface area contributed by atoms with Crippen molar-refractivity contribution < 1.29 is 28.7 Å². The number of carbonyl (C=O) groups is 4. The van der Waals surface area contributed by atoms with Crippen LogP contribution in [-0.4, -0.2) is 115 Å². The zero-order chi connectivity index (χ0) is 51.6. The number of allylic oxidation sites excluding steroid dienone is 8. The summed E-state index contributed by atoms with van der Waals surface area (Å²) >= 11 is 0. The Balaban J connectivity index is 0.750. The van der Waals surface area contributed by atoms with E-state index in [1.54, 1.807) is 22.0 Å². The number of aromatic amines is 2. The normalized spacial score (nSPS) is 25.5. The van der Waals surface area contributed by atoms with Crippen LogP contribution in [0.25, 0.3) is 33.7 Å². The van der Waals surface area contributed by atoms with Gasteiger partial charge in [0.15, 0.2) is 0 Å². The summed E-state index contributed by atoms with van der Waals surface area (Å²) in [5.74, 6) is 2.81. The van der Waals surface area contributed by atoms with Crippen LogP contribution < -0.4 is 0 Å². The number of amides is 4. The van der Waals surface area contributed by atoms with E-state index >= 15 is 0 Å². The maximum Gasteiger partial charge on any atom is 0.410 e. The van der Waals surface area contributed by atoms with E-state index < -0.39 is 24.3 Å². The first-order valence-electron chi connectivity index (χ1n) is 27.5. The first-order valence-corrected chi connectivity index (χ1v) is 27.5. The fourth-order valence-corrected chi connectivity index (χ4v) is 13.0. The van der Waals surface area contributed by atoms with Crippen LogP contribution in [0.15, 0.2) is 122 Å². The number of imidazole rings is 2. The zero-order valence-corrected chi connectivity index (χ0v) is 43.3. The lowest BCUT2D eigenvalue weighted by Gasteiger charge is -2.33. The summed E-state index contributed by atoms with van der Waals surface area (Å²) in [6.45, 7) is 12.3. The predicted octanol–water partition coefficient (Wildman–Crippen LogP) is 11.5. The van der Waals surface area contributed by atoms with Gasteiger partial charge in [-0.25, -0.2) is 19.6 Å². The van der Waals surface area contributed by atoms with Crippen molar-refractivity contribution in [3.05, 3.63) is 144 Å². The van der Waals surface area contributed by atoms with Gasteiger partial charge in [0.2, 0.25) is 11.8 Å². The van der Waals surface area contributed by atoms with Crippen LogP contribution in [0.2, 0.25) is 0 Å². The Kier molecular flexibility index (Phi) is 14.6. The number of hydrogen-bond acceptors (Lipinski definition) is 8. The van der Waals surface area contributed by atoms with Gasteiger partial charge in [-0.2, -0.15) is 0 Å². The largest absolute Gasteiger partial charge is 0.445 e. The highest BCUT2D eigenvalue weighted by molar-refractivity contribution is 5.88. The molecule has 4 bridgehead atoms. The second-order valence-electron chi connectivity index (χ2n) is 21.6. The van der Waals surface area contributed by atoms with Crippen LogP contribution in [0.3, 0.4) is 0 Å². The molecular formula is C61H70N8O6. The molecule has 14 rings (SSSR count). The van der Waals surface area contributed by atoms with Crippen molar-refractivity contribution in [3.63, 3.8) is 0 Å². The average Bonchev–Trinajstić information content (AvgIpc) is 4.31. The maximum absolute atomic E-state index is 13.9. The van der Waals surface area contributed by atoms with Crippen molar-refractivity contribution in [2.75, 3.05) is 39.4 Å². The number of nitrogens with one attached hydrogen (secondary N) is 2. The predicted molar refractivity (Wildman–Crippen MR) is 289 cm³/mol. The summed E-state index contributed by atoms with van der Waals surface area (Å²) in [7, 11) is 0. The Bertz CT molecular complexity index is 2940. The van der Waals surface area contributed by atoms with E-state index in [4.69, 9.17) is 19.4 Å². The van der Waals surface area contributed by atoms with Crippen molar-refractivity contribution in [2.24, 2.45) is 17.8 Å². The molecular weight excluding hydrogens is 941 g/mol. The Morgan fingerprint density at radius 2 is 1.17 bits per heavy atom. The second kappa shape index (κ2) is 21.9. The van der Waals surface area contributed by atoms with Gasteiger partial charge in [0.25, 0.3) is 0 Å². The van der Waals surface area contributed by atoms with E-state index in [9.17, 15) is 19.2 Å². The van der Waals surface area contributed by atoms with Gasteiger partial charge < -0.3 is 29.2 Å². The second-order valence-corrected chi connectivity index (χ2v) is 21.6. The monoisotopic (exact) mass is 1010 g/mol. The van der Waals surface area contributed by atoms with Crippen molar-refractivity contribution in [3.8, 4) is 22.5 Å². The quantitative estimate of drug-likeness (QED) is 0.133. The Labute approximate surface area is 440 Å².